The lowest BCUT2D eigenvalue weighted by atomic mass is 10.1. The van der Waals surface area contributed by atoms with Crippen molar-refractivity contribution < 1.29 is 27.2 Å². The smallest absolute Gasteiger partial charge is 0.416 e. The molecular weight excluding hydrogens is 531 g/mol. The number of nitrogens with one attached hydrogen (secondary N) is 2. The SMILES string of the molecule is CCN(CC)CCCNC(=O)C(=Cc1ccc(-c2cc(C(F)(F)F)ccc2Cl)o1)NC(=O)c1ccc(C)cc1. The lowest BCUT2D eigenvalue weighted by molar-refractivity contribution is -0.137. The molecule has 1 aromatic heterocycles. The van der Waals surface area contributed by atoms with E-state index in [0.717, 1.165) is 43.4 Å². The molecule has 0 aliphatic heterocycles. The Morgan fingerprint density at radius 2 is 1.72 bits per heavy atom. The van der Waals surface area contributed by atoms with Crippen molar-refractivity contribution >= 4 is 29.5 Å². The number of benzene rings is 2. The second kappa shape index (κ2) is 13.5. The van der Waals surface area contributed by atoms with E-state index in [4.69, 9.17) is 16.0 Å². The van der Waals surface area contributed by atoms with E-state index >= 15 is 0 Å². The van der Waals surface area contributed by atoms with Gasteiger partial charge in [-0.1, -0.05) is 43.1 Å². The molecular formula is C29H31ClF3N3O3. The van der Waals surface area contributed by atoms with Gasteiger partial charge in [0.15, 0.2) is 0 Å². The van der Waals surface area contributed by atoms with Crippen molar-refractivity contribution in [1.82, 2.24) is 15.5 Å². The maximum atomic E-state index is 13.2. The van der Waals surface area contributed by atoms with Gasteiger partial charge in [0.05, 0.1) is 10.6 Å². The summed E-state index contributed by atoms with van der Waals surface area (Å²) < 4.78 is 45.3. The fourth-order valence-corrected chi connectivity index (χ4v) is 4.02. The molecule has 0 spiro atoms. The maximum absolute atomic E-state index is 13.2. The predicted octanol–water partition coefficient (Wildman–Crippen LogP) is 6.55. The third kappa shape index (κ3) is 8.46. The zero-order chi connectivity index (χ0) is 28.6. The van der Waals surface area contributed by atoms with Crippen LogP contribution in [0.1, 0.15) is 47.5 Å². The number of furan rings is 1. The van der Waals surface area contributed by atoms with E-state index in [-0.39, 0.29) is 27.8 Å². The Hall–Kier alpha value is -3.56. The second-order valence-corrected chi connectivity index (χ2v) is 9.32. The average molecular weight is 562 g/mol. The molecule has 2 amide bonds. The van der Waals surface area contributed by atoms with Gasteiger partial charge in [0.1, 0.15) is 17.2 Å². The number of halogens is 4. The first-order chi connectivity index (χ1) is 18.5. The fraction of sp³-hybridized carbons (Fsp3) is 0.310. The highest BCUT2D eigenvalue weighted by molar-refractivity contribution is 6.33. The van der Waals surface area contributed by atoms with Crippen LogP contribution in [0.2, 0.25) is 5.02 Å². The number of alkyl halides is 3. The summed E-state index contributed by atoms with van der Waals surface area (Å²) in [6.45, 7) is 9.01. The van der Waals surface area contributed by atoms with Gasteiger partial charge in [-0.05, 0) is 75.4 Å². The minimum Gasteiger partial charge on any atom is -0.457 e. The molecule has 2 aromatic carbocycles. The second-order valence-electron chi connectivity index (χ2n) is 8.91. The Kier molecular flexibility index (Phi) is 10.4. The summed E-state index contributed by atoms with van der Waals surface area (Å²) in [5, 5.41) is 5.51. The summed E-state index contributed by atoms with van der Waals surface area (Å²) in [5.74, 6) is -0.783. The van der Waals surface area contributed by atoms with Crippen molar-refractivity contribution in [3.63, 3.8) is 0 Å². The summed E-state index contributed by atoms with van der Waals surface area (Å²) in [6.07, 6.45) is -2.51. The van der Waals surface area contributed by atoms with Gasteiger partial charge in [0, 0.05) is 23.7 Å². The van der Waals surface area contributed by atoms with Gasteiger partial charge in [-0.25, -0.2) is 0 Å². The van der Waals surface area contributed by atoms with Gasteiger partial charge in [-0.15, -0.1) is 0 Å². The van der Waals surface area contributed by atoms with E-state index in [9.17, 15) is 22.8 Å². The van der Waals surface area contributed by atoms with Crippen LogP contribution in [0, 0.1) is 6.92 Å². The molecule has 208 valence electrons. The monoisotopic (exact) mass is 561 g/mol. The van der Waals surface area contributed by atoms with E-state index in [0.29, 0.717) is 18.5 Å². The van der Waals surface area contributed by atoms with Crippen LogP contribution < -0.4 is 10.6 Å². The molecule has 1 heterocycles. The van der Waals surface area contributed by atoms with Crippen molar-refractivity contribution in [2.24, 2.45) is 0 Å². The number of hydrogen-bond acceptors (Lipinski definition) is 4. The van der Waals surface area contributed by atoms with Crippen LogP contribution in [-0.4, -0.2) is 42.9 Å². The Balaban J connectivity index is 1.85. The van der Waals surface area contributed by atoms with Crippen molar-refractivity contribution in [3.05, 3.63) is 87.8 Å². The topological polar surface area (TPSA) is 74.6 Å². The number of carbonyl (C=O) groups is 2. The highest BCUT2D eigenvalue weighted by Crippen LogP contribution is 2.36. The molecule has 0 aliphatic carbocycles. The normalized spacial score (nSPS) is 12.1. The molecule has 0 aliphatic rings. The predicted molar refractivity (Wildman–Crippen MR) is 146 cm³/mol. The molecule has 0 atom stereocenters. The first-order valence-electron chi connectivity index (χ1n) is 12.6. The molecule has 0 saturated carbocycles. The molecule has 39 heavy (non-hydrogen) atoms. The third-order valence-corrected chi connectivity index (χ3v) is 6.44. The Morgan fingerprint density at radius 3 is 2.36 bits per heavy atom. The van der Waals surface area contributed by atoms with Crippen molar-refractivity contribution in [1.29, 1.82) is 0 Å². The van der Waals surface area contributed by atoms with E-state index < -0.39 is 23.6 Å². The summed E-state index contributed by atoms with van der Waals surface area (Å²) in [6, 6.07) is 12.7. The highest BCUT2D eigenvalue weighted by Gasteiger charge is 2.31. The van der Waals surface area contributed by atoms with Crippen molar-refractivity contribution in [2.45, 2.75) is 33.4 Å². The summed E-state index contributed by atoms with van der Waals surface area (Å²) in [7, 11) is 0. The average Bonchev–Trinajstić information content (AvgIpc) is 3.36. The van der Waals surface area contributed by atoms with Gasteiger partial charge in [-0.3, -0.25) is 9.59 Å². The molecule has 6 nitrogen and oxygen atoms in total. The Bertz CT molecular complexity index is 1310. The van der Waals surface area contributed by atoms with Gasteiger partial charge in [0.2, 0.25) is 0 Å². The molecule has 2 N–H and O–H groups in total. The molecule has 10 heteroatoms. The number of carbonyl (C=O) groups excluding carboxylic acids is 2. The third-order valence-electron chi connectivity index (χ3n) is 6.11. The standard InChI is InChI=1S/C29H31ClF3N3O3/c1-4-36(5-2)16-6-15-34-28(38)25(35-27(37)20-9-7-19(3)8-10-20)18-22-12-14-26(39-22)23-17-21(29(31,32)33)11-13-24(23)30/h7-14,17-18H,4-6,15-16H2,1-3H3,(H,34,38)(H,35,37). The molecule has 0 fully saturated rings. The van der Waals surface area contributed by atoms with Crippen LogP contribution in [-0.2, 0) is 11.0 Å². The van der Waals surface area contributed by atoms with Crippen LogP contribution >= 0.6 is 11.6 Å². The van der Waals surface area contributed by atoms with Crippen LogP contribution in [0.5, 0.6) is 0 Å². The van der Waals surface area contributed by atoms with Gasteiger partial charge >= 0.3 is 6.18 Å². The van der Waals surface area contributed by atoms with Crippen LogP contribution in [0.4, 0.5) is 13.2 Å². The van der Waals surface area contributed by atoms with Gasteiger partial charge in [0.25, 0.3) is 11.8 Å². The number of nitrogens with zero attached hydrogens (tertiary/aromatic N) is 1. The quantitative estimate of drug-likeness (QED) is 0.206. The van der Waals surface area contributed by atoms with Crippen molar-refractivity contribution in [3.8, 4) is 11.3 Å². The minimum atomic E-state index is -4.55. The Labute approximate surface area is 230 Å². The van der Waals surface area contributed by atoms with Gasteiger partial charge < -0.3 is 20.0 Å². The molecule has 0 unspecified atom stereocenters. The van der Waals surface area contributed by atoms with E-state index in [1.807, 2.05) is 6.92 Å². The number of aryl methyl sites for hydroxylation is 1. The lowest BCUT2D eigenvalue weighted by Gasteiger charge is -2.18. The Morgan fingerprint density at radius 1 is 1.03 bits per heavy atom. The van der Waals surface area contributed by atoms with E-state index in [2.05, 4.69) is 29.4 Å². The van der Waals surface area contributed by atoms with Gasteiger partial charge in [-0.2, -0.15) is 13.2 Å². The summed E-state index contributed by atoms with van der Waals surface area (Å²) in [4.78, 5) is 28.1. The summed E-state index contributed by atoms with van der Waals surface area (Å²) in [5.41, 5.74) is 0.448. The minimum absolute atomic E-state index is 0.0530. The molecule has 0 saturated heterocycles. The number of hydrogen-bond donors (Lipinski definition) is 2. The lowest BCUT2D eigenvalue weighted by Crippen LogP contribution is -2.36. The van der Waals surface area contributed by atoms with Crippen LogP contribution in [0.3, 0.4) is 0 Å². The largest absolute Gasteiger partial charge is 0.457 e. The highest BCUT2D eigenvalue weighted by atomic mass is 35.5. The molecule has 3 rings (SSSR count). The van der Waals surface area contributed by atoms with Crippen LogP contribution in [0.25, 0.3) is 17.4 Å². The summed E-state index contributed by atoms with van der Waals surface area (Å²) >= 11 is 6.14. The molecule has 3 aromatic rings. The van der Waals surface area contributed by atoms with Crippen LogP contribution in [0.15, 0.2) is 64.7 Å². The molecule has 0 radical (unpaired) electrons. The maximum Gasteiger partial charge on any atom is 0.416 e. The molecule has 0 bridgehead atoms. The fourth-order valence-electron chi connectivity index (χ4n) is 3.81. The zero-order valence-corrected chi connectivity index (χ0v) is 22.7. The van der Waals surface area contributed by atoms with E-state index in [1.54, 1.807) is 24.3 Å². The zero-order valence-electron chi connectivity index (χ0n) is 22.0. The number of rotatable bonds is 11. The first kappa shape index (κ1) is 30.0. The first-order valence-corrected chi connectivity index (χ1v) is 13.0. The van der Waals surface area contributed by atoms with Crippen molar-refractivity contribution in [2.75, 3.05) is 26.2 Å². The van der Waals surface area contributed by atoms with E-state index in [1.165, 1.54) is 18.2 Å². The number of amides is 2.